The Balaban J connectivity index is 1.53. The minimum atomic E-state index is -0.128. The summed E-state index contributed by atoms with van der Waals surface area (Å²) in [5, 5.41) is 3.80. The van der Waals surface area contributed by atoms with Crippen LogP contribution < -0.4 is 10.2 Å². The molecule has 0 unspecified atom stereocenters. The third-order valence-corrected chi connectivity index (χ3v) is 6.54. The maximum Gasteiger partial charge on any atom is 0.253 e. The zero-order chi connectivity index (χ0) is 20.1. The van der Waals surface area contributed by atoms with Crippen molar-refractivity contribution in [3.8, 4) is 0 Å². The Kier molecular flexibility index (Phi) is 7.00. The van der Waals surface area contributed by atoms with Gasteiger partial charge in [0.15, 0.2) is 0 Å². The summed E-state index contributed by atoms with van der Waals surface area (Å²) in [5.74, 6) is -0.0671. The number of quaternary nitrogens is 1. The third-order valence-electron chi connectivity index (χ3n) is 6.29. The number of nitrogens with zero attached hydrogens (tertiary/aromatic N) is 1. The van der Waals surface area contributed by atoms with E-state index in [4.69, 9.17) is 11.6 Å². The molecule has 2 heterocycles. The van der Waals surface area contributed by atoms with Crippen molar-refractivity contribution in [3.05, 3.63) is 34.9 Å². The maximum atomic E-state index is 12.8. The molecular formula is C22H33ClN3O2+. The number of nitrogens with one attached hydrogen (secondary N) is 2. The zero-order valence-corrected chi connectivity index (χ0v) is 17.9. The second-order valence-corrected chi connectivity index (χ2v) is 9.30. The summed E-state index contributed by atoms with van der Waals surface area (Å²) in [6, 6.07) is 6.96. The first-order valence-corrected chi connectivity index (χ1v) is 10.9. The molecule has 0 aromatic heterocycles. The predicted octanol–water partition coefficient (Wildman–Crippen LogP) is 2.16. The second kappa shape index (κ2) is 9.27. The molecule has 0 spiro atoms. The lowest BCUT2D eigenvalue weighted by Gasteiger charge is -2.38. The van der Waals surface area contributed by atoms with Gasteiger partial charge in [-0.05, 0) is 70.2 Å². The lowest BCUT2D eigenvalue weighted by atomic mass is 9.95. The van der Waals surface area contributed by atoms with E-state index in [1.165, 1.54) is 32.4 Å². The molecule has 6 heteroatoms. The minimum Gasteiger partial charge on any atom is -0.350 e. The molecule has 5 nitrogen and oxygen atoms in total. The van der Waals surface area contributed by atoms with E-state index < -0.39 is 0 Å². The van der Waals surface area contributed by atoms with E-state index in [1.807, 2.05) is 0 Å². The van der Waals surface area contributed by atoms with Crippen molar-refractivity contribution in [3.63, 3.8) is 0 Å². The van der Waals surface area contributed by atoms with Crippen LogP contribution in [0.25, 0.3) is 0 Å². The Hall–Kier alpha value is -1.59. The molecule has 154 valence electrons. The van der Waals surface area contributed by atoms with Crippen LogP contribution in [0.15, 0.2) is 24.3 Å². The molecule has 0 radical (unpaired) electrons. The lowest BCUT2D eigenvalue weighted by molar-refractivity contribution is -0.951. The Morgan fingerprint density at radius 1 is 1.14 bits per heavy atom. The Morgan fingerprint density at radius 3 is 2.50 bits per heavy atom. The van der Waals surface area contributed by atoms with E-state index in [1.54, 1.807) is 34.1 Å². The number of amides is 2. The quantitative estimate of drug-likeness (QED) is 0.787. The summed E-state index contributed by atoms with van der Waals surface area (Å²) in [6.07, 6.45) is 5.57. The second-order valence-electron chi connectivity index (χ2n) is 8.86. The van der Waals surface area contributed by atoms with Crippen molar-refractivity contribution in [2.45, 2.75) is 51.5 Å². The fourth-order valence-corrected chi connectivity index (χ4v) is 4.51. The van der Waals surface area contributed by atoms with E-state index in [0.29, 0.717) is 30.2 Å². The van der Waals surface area contributed by atoms with Gasteiger partial charge in [0.1, 0.15) is 5.54 Å². The number of rotatable bonds is 5. The molecule has 2 aliphatic heterocycles. The fourth-order valence-electron chi connectivity index (χ4n) is 4.38. The number of carbonyl (C=O) groups excluding carboxylic acids is 2. The van der Waals surface area contributed by atoms with Gasteiger partial charge in [0.05, 0.1) is 25.6 Å². The van der Waals surface area contributed by atoms with Gasteiger partial charge in [-0.15, -0.1) is 0 Å². The number of carbonyl (C=O) groups is 2. The van der Waals surface area contributed by atoms with Gasteiger partial charge in [-0.2, -0.15) is 0 Å². The van der Waals surface area contributed by atoms with Gasteiger partial charge in [0, 0.05) is 23.7 Å². The molecule has 28 heavy (non-hydrogen) atoms. The van der Waals surface area contributed by atoms with Crippen molar-refractivity contribution in [1.82, 2.24) is 10.2 Å². The summed E-state index contributed by atoms with van der Waals surface area (Å²) in [5.41, 5.74) is 0.670. The van der Waals surface area contributed by atoms with Crippen LogP contribution in [0.4, 0.5) is 0 Å². The average molecular weight is 407 g/mol. The first-order chi connectivity index (χ1) is 13.4. The van der Waals surface area contributed by atoms with E-state index in [0.717, 1.165) is 12.8 Å². The van der Waals surface area contributed by atoms with Crippen molar-refractivity contribution in [2.75, 3.05) is 32.7 Å². The smallest absolute Gasteiger partial charge is 0.253 e. The molecule has 2 fully saturated rings. The maximum absolute atomic E-state index is 12.8. The van der Waals surface area contributed by atoms with Gasteiger partial charge >= 0.3 is 0 Å². The van der Waals surface area contributed by atoms with Crippen molar-refractivity contribution < 1.29 is 14.5 Å². The van der Waals surface area contributed by atoms with Crippen LogP contribution in [0.1, 0.15) is 56.3 Å². The molecule has 1 aromatic carbocycles. The Bertz CT molecular complexity index is 684. The Morgan fingerprint density at radius 2 is 1.82 bits per heavy atom. The topological polar surface area (TPSA) is 53.9 Å². The summed E-state index contributed by atoms with van der Waals surface area (Å²) in [7, 11) is 0. The van der Waals surface area contributed by atoms with Crippen LogP contribution >= 0.6 is 11.6 Å². The number of hydrogen-bond donors (Lipinski definition) is 2. The molecule has 1 atom stereocenters. The summed E-state index contributed by atoms with van der Waals surface area (Å²) >= 11 is 5.91. The highest BCUT2D eigenvalue weighted by Crippen LogP contribution is 2.20. The molecule has 2 saturated heterocycles. The predicted molar refractivity (Wildman–Crippen MR) is 112 cm³/mol. The first-order valence-electron chi connectivity index (χ1n) is 10.5. The first kappa shape index (κ1) is 21.1. The highest BCUT2D eigenvalue weighted by atomic mass is 35.5. The third kappa shape index (κ3) is 5.26. The summed E-state index contributed by atoms with van der Waals surface area (Å²) in [4.78, 5) is 28.9. The molecule has 2 aliphatic rings. The van der Waals surface area contributed by atoms with Gasteiger partial charge < -0.3 is 15.1 Å². The molecule has 0 bridgehead atoms. The van der Waals surface area contributed by atoms with Crippen LogP contribution in [0.2, 0.25) is 5.02 Å². The largest absolute Gasteiger partial charge is 0.350 e. The molecule has 3 rings (SSSR count). The molecule has 0 aliphatic carbocycles. The van der Waals surface area contributed by atoms with Gasteiger partial charge in [-0.1, -0.05) is 11.6 Å². The minimum absolute atomic E-state index is 0.0211. The average Bonchev–Trinajstić information content (AvgIpc) is 2.73. The van der Waals surface area contributed by atoms with E-state index in [-0.39, 0.29) is 23.3 Å². The monoisotopic (exact) mass is 406 g/mol. The number of benzene rings is 1. The van der Waals surface area contributed by atoms with Crippen LogP contribution in [0.5, 0.6) is 0 Å². The van der Waals surface area contributed by atoms with E-state index in [9.17, 15) is 9.59 Å². The summed E-state index contributed by atoms with van der Waals surface area (Å²) in [6.45, 7) is 8.74. The number of hydrogen-bond acceptors (Lipinski definition) is 2. The number of piperidine rings is 2. The van der Waals surface area contributed by atoms with E-state index in [2.05, 4.69) is 19.2 Å². The van der Waals surface area contributed by atoms with Crippen molar-refractivity contribution in [1.29, 1.82) is 0 Å². The lowest BCUT2D eigenvalue weighted by Crippen LogP contribution is -3.20. The standard InChI is InChI=1S/C22H32ClN3O2/c1-22(2,26-13-4-3-5-14-26)16-24-20(27)18-7-6-12-25(15-18)21(28)17-8-10-19(23)11-9-17/h8-11,18H,3-7,12-16H2,1-2H3,(H,24,27)/p+1/t18-/m0/s1. The van der Waals surface area contributed by atoms with Gasteiger partial charge in [-0.25, -0.2) is 0 Å². The highest BCUT2D eigenvalue weighted by molar-refractivity contribution is 6.30. The number of halogens is 1. The molecular weight excluding hydrogens is 374 g/mol. The molecule has 2 N–H and O–H groups in total. The summed E-state index contributed by atoms with van der Waals surface area (Å²) < 4.78 is 0. The fraction of sp³-hybridized carbons (Fsp3) is 0.636. The molecule has 0 saturated carbocycles. The van der Waals surface area contributed by atoms with Crippen molar-refractivity contribution in [2.24, 2.45) is 5.92 Å². The van der Waals surface area contributed by atoms with Crippen LogP contribution in [-0.2, 0) is 4.79 Å². The van der Waals surface area contributed by atoms with Gasteiger partial charge in [0.2, 0.25) is 5.91 Å². The van der Waals surface area contributed by atoms with Crippen LogP contribution in [0, 0.1) is 5.92 Å². The van der Waals surface area contributed by atoms with Gasteiger partial charge in [-0.3, -0.25) is 9.59 Å². The highest BCUT2D eigenvalue weighted by Gasteiger charge is 2.34. The van der Waals surface area contributed by atoms with E-state index >= 15 is 0 Å². The molecule has 1 aromatic rings. The zero-order valence-electron chi connectivity index (χ0n) is 17.1. The van der Waals surface area contributed by atoms with Crippen LogP contribution in [-0.4, -0.2) is 55.0 Å². The molecule has 2 amide bonds. The van der Waals surface area contributed by atoms with Crippen LogP contribution in [0.3, 0.4) is 0 Å². The SMILES string of the molecule is CC(C)(CNC(=O)[C@H]1CCCN(C(=O)c2ccc(Cl)cc2)C1)[NH+]1CCCCC1. The number of likely N-dealkylation sites (tertiary alicyclic amines) is 2. The Labute approximate surface area is 173 Å². The van der Waals surface area contributed by atoms with Crippen molar-refractivity contribution >= 4 is 23.4 Å². The normalized spacial score (nSPS) is 21.4. The van der Waals surface area contributed by atoms with Gasteiger partial charge in [0.25, 0.3) is 5.91 Å².